The fraction of sp³-hybridized carbons (Fsp3) is 0.261. The predicted molar refractivity (Wildman–Crippen MR) is 125 cm³/mol. The molecule has 1 aromatic heterocycles. The summed E-state index contributed by atoms with van der Waals surface area (Å²) in [7, 11) is -2.53. The van der Waals surface area contributed by atoms with E-state index < -0.39 is 21.9 Å². The standard InChI is InChI=1S/C23H22N4O8S/c1-12-20(23(29)30)25-27(2)22(12)35-17-8-6-15(10-19(17)36(31,32)26-14-4-5-14)24-21(28)13-3-7-16-18(9-13)34-11-33-16/h3,6-10,14,26H,4-5,11H2,1-2H3,(H,24,28)(H,29,30). The molecule has 0 radical (unpaired) electrons. The van der Waals surface area contributed by atoms with Crippen molar-refractivity contribution < 1.29 is 37.3 Å². The second kappa shape index (κ2) is 8.84. The molecule has 1 amide bonds. The van der Waals surface area contributed by atoms with Gasteiger partial charge in [-0.05, 0) is 56.2 Å². The van der Waals surface area contributed by atoms with Gasteiger partial charge in [-0.3, -0.25) is 4.79 Å². The average Bonchev–Trinajstić information content (AvgIpc) is 3.42. The number of hydrogen-bond acceptors (Lipinski definition) is 8. The van der Waals surface area contributed by atoms with Crippen LogP contribution in [0, 0.1) is 6.92 Å². The van der Waals surface area contributed by atoms with Crippen LogP contribution in [0.2, 0.25) is 0 Å². The van der Waals surface area contributed by atoms with Crippen molar-refractivity contribution in [2.45, 2.75) is 30.7 Å². The van der Waals surface area contributed by atoms with Crippen molar-refractivity contribution in [2.24, 2.45) is 7.05 Å². The molecular weight excluding hydrogens is 492 g/mol. The van der Waals surface area contributed by atoms with Crippen molar-refractivity contribution in [3.63, 3.8) is 0 Å². The third-order valence-corrected chi connectivity index (χ3v) is 7.20. The third kappa shape index (κ3) is 4.57. The Morgan fingerprint density at radius 1 is 1.14 bits per heavy atom. The number of sulfonamides is 1. The zero-order valence-electron chi connectivity index (χ0n) is 19.3. The van der Waals surface area contributed by atoms with Crippen molar-refractivity contribution in [1.29, 1.82) is 0 Å². The number of carbonyl (C=O) groups excluding carboxylic acids is 1. The van der Waals surface area contributed by atoms with Crippen LogP contribution in [0.1, 0.15) is 39.3 Å². The van der Waals surface area contributed by atoms with E-state index in [-0.39, 0.29) is 46.3 Å². The molecule has 1 fully saturated rings. The van der Waals surface area contributed by atoms with Crippen molar-refractivity contribution in [2.75, 3.05) is 12.1 Å². The molecule has 1 aliphatic heterocycles. The van der Waals surface area contributed by atoms with Crippen LogP contribution < -0.4 is 24.2 Å². The van der Waals surface area contributed by atoms with Crippen LogP contribution in [0.5, 0.6) is 23.1 Å². The highest BCUT2D eigenvalue weighted by atomic mass is 32.2. The number of aryl methyl sites for hydroxylation is 1. The molecular formula is C23H22N4O8S. The van der Waals surface area contributed by atoms with Crippen LogP contribution in [0.4, 0.5) is 5.69 Å². The Kier molecular flexibility index (Phi) is 5.80. The van der Waals surface area contributed by atoms with Gasteiger partial charge in [0.2, 0.25) is 22.7 Å². The summed E-state index contributed by atoms with van der Waals surface area (Å²) in [5.41, 5.74) is 0.547. The van der Waals surface area contributed by atoms with E-state index in [4.69, 9.17) is 14.2 Å². The monoisotopic (exact) mass is 514 g/mol. The van der Waals surface area contributed by atoms with Crippen molar-refractivity contribution in [1.82, 2.24) is 14.5 Å². The number of carboxylic acid groups (broad SMARTS) is 1. The lowest BCUT2D eigenvalue weighted by Crippen LogP contribution is -2.26. The van der Waals surface area contributed by atoms with E-state index >= 15 is 0 Å². The van der Waals surface area contributed by atoms with Crippen LogP contribution in [-0.2, 0) is 17.1 Å². The van der Waals surface area contributed by atoms with E-state index in [0.717, 1.165) is 12.8 Å². The largest absolute Gasteiger partial charge is 0.476 e. The number of ether oxygens (including phenoxy) is 3. The summed E-state index contributed by atoms with van der Waals surface area (Å²) in [4.78, 5) is 24.0. The van der Waals surface area contributed by atoms with E-state index in [1.807, 2.05) is 0 Å². The van der Waals surface area contributed by atoms with E-state index in [9.17, 15) is 23.1 Å². The fourth-order valence-corrected chi connectivity index (χ4v) is 5.13. The number of aromatic nitrogens is 2. The van der Waals surface area contributed by atoms with E-state index in [0.29, 0.717) is 17.1 Å². The maximum absolute atomic E-state index is 13.2. The Morgan fingerprint density at radius 3 is 2.58 bits per heavy atom. The second-order valence-corrected chi connectivity index (χ2v) is 10.1. The first kappa shape index (κ1) is 23.6. The summed E-state index contributed by atoms with van der Waals surface area (Å²) in [6.07, 6.45) is 1.44. The molecule has 0 spiro atoms. The van der Waals surface area contributed by atoms with E-state index in [1.54, 1.807) is 12.1 Å². The molecule has 2 heterocycles. The van der Waals surface area contributed by atoms with Crippen molar-refractivity contribution >= 4 is 27.6 Å². The topological polar surface area (TPSA) is 158 Å². The van der Waals surface area contributed by atoms with Gasteiger partial charge in [0, 0.05) is 29.9 Å². The number of amides is 1. The maximum Gasteiger partial charge on any atom is 0.356 e. The quantitative estimate of drug-likeness (QED) is 0.411. The van der Waals surface area contributed by atoms with Crippen molar-refractivity contribution in [3.8, 4) is 23.1 Å². The number of fused-ring (bicyclic) bond motifs is 1. The van der Waals surface area contributed by atoms with Gasteiger partial charge in [0.15, 0.2) is 17.2 Å². The molecule has 5 rings (SSSR count). The van der Waals surface area contributed by atoms with Gasteiger partial charge in [0.1, 0.15) is 10.6 Å². The number of nitrogens with zero attached hydrogens (tertiary/aromatic N) is 2. The lowest BCUT2D eigenvalue weighted by atomic mass is 10.2. The highest BCUT2D eigenvalue weighted by molar-refractivity contribution is 7.89. The van der Waals surface area contributed by atoms with Crippen LogP contribution >= 0.6 is 0 Å². The van der Waals surface area contributed by atoms with Gasteiger partial charge in [-0.2, -0.15) is 5.10 Å². The minimum atomic E-state index is -4.02. The normalized spacial score (nSPS) is 14.5. The van der Waals surface area contributed by atoms with E-state index in [2.05, 4.69) is 15.1 Å². The Bertz CT molecular complexity index is 1490. The summed E-state index contributed by atoms with van der Waals surface area (Å²) >= 11 is 0. The number of anilines is 1. The van der Waals surface area contributed by atoms with Gasteiger partial charge >= 0.3 is 5.97 Å². The first-order chi connectivity index (χ1) is 17.1. The Labute approximate surface area is 205 Å². The van der Waals surface area contributed by atoms with Gasteiger partial charge in [0.05, 0.1) is 0 Å². The highest BCUT2D eigenvalue weighted by Crippen LogP contribution is 2.36. The Morgan fingerprint density at radius 2 is 1.89 bits per heavy atom. The van der Waals surface area contributed by atoms with Crippen LogP contribution in [-0.4, -0.2) is 48.0 Å². The summed E-state index contributed by atoms with van der Waals surface area (Å²) in [6.45, 7) is 1.59. The Hall–Kier alpha value is -4.10. The first-order valence-corrected chi connectivity index (χ1v) is 12.4. The maximum atomic E-state index is 13.2. The molecule has 13 heteroatoms. The summed E-state index contributed by atoms with van der Waals surface area (Å²) < 4.78 is 46.6. The van der Waals surface area contributed by atoms with Crippen LogP contribution in [0.3, 0.4) is 0 Å². The zero-order chi connectivity index (χ0) is 25.6. The molecule has 0 saturated heterocycles. The molecule has 36 heavy (non-hydrogen) atoms. The van der Waals surface area contributed by atoms with Crippen LogP contribution in [0.15, 0.2) is 41.3 Å². The number of carbonyl (C=O) groups is 2. The smallest absolute Gasteiger partial charge is 0.356 e. The first-order valence-electron chi connectivity index (χ1n) is 10.9. The van der Waals surface area contributed by atoms with Gasteiger partial charge < -0.3 is 24.6 Å². The molecule has 0 bridgehead atoms. The zero-order valence-corrected chi connectivity index (χ0v) is 20.1. The molecule has 2 aliphatic rings. The summed E-state index contributed by atoms with van der Waals surface area (Å²) in [5, 5.41) is 15.9. The highest BCUT2D eigenvalue weighted by Gasteiger charge is 2.31. The molecule has 0 unspecified atom stereocenters. The van der Waals surface area contributed by atoms with Crippen molar-refractivity contribution in [3.05, 3.63) is 53.2 Å². The third-order valence-electron chi connectivity index (χ3n) is 5.65. The van der Waals surface area contributed by atoms with Gasteiger partial charge in [0.25, 0.3) is 5.91 Å². The van der Waals surface area contributed by atoms with E-state index in [1.165, 1.54) is 42.9 Å². The summed E-state index contributed by atoms with van der Waals surface area (Å²) in [6, 6.07) is 8.71. The second-order valence-electron chi connectivity index (χ2n) is 8.39. The number of benzene rings is 2. The van der Waals surface area contributed by atoms with Gasteiger partial charge in [-0.1, -0.05) is 0 Å². The minimum absolute atomic E-state index is 0.0488. The number of carboxylic acids is 1. The molecule has 1 saturated carbocycles. The molecule has 188 valence electrons. The number of rotatable bonds is 8. The molecule has 3 aromatic rings. The van der Waals surface area contributed by atoms with Gasteiger partial charge in [-0.25, -0.2) is 22.6 Å². The fourth-order valence-electron chi connectivity index (χ4n) is 3.67. The predicted octanol–water partition coefficient (Wildman–Crippen LogP) is 2.64. The summed E-state index contributed by atoms with van der Waals surface area (Å²) in [5.74, 6) is -0.712. The SMILES string of the molecule is Cc1c(C(=O)O)nn(C)c1Oc1ccc(NC(=O)c2ccc3c(c2)OCO3)cc1S(=O)(=O)NC1CC1. The lowest BCUT2D eigenvalue weighted by molar-refractivity contribution is 0.0688. The number of hydrogen-bond donors (Lipinski definition) is 3. The van der Waals surface area contributed by atoms with Gasteiger partial charge in [-0.15, -0.1) is 0 Å². The number of aromatic carboxylic acids is 1. The molecule has 1 aliphatic carbocycles. The molecule has 0 atom stereocenters. The lowest BCUT2D eigenvalue weighted by Gasteiger charge is -2.15. The Balaban J connectivity index is 1.47. The molecule has 3 N–H and O–H groups in total. The molecule has 12 nitrogen and oxygen atoms in total. The minimum Gasteiger partial charge on any atom is -0.476 e. The number of nitrogens with one attached hydrogen (secondary N) is 2. The average molecular weight is 515 g/mol. The molecule has 2 aromatic carbocycles. The van der Waals surface area contributed by atoms with Crippen LogP contribution in [0.25, 0.3) is 0 Å².